The Hall–Kier alpha value is -3.08. The third-order valence-corrected chi connectivity index (χ3v) is 3.85. The molecule has 3 aromatic rings. The minimum absolute atomic E-state index is 0.140. The van der Waals surface area contributed by atoms with Crippen LogP contribution >= 0.6 is 0 Å². The summed E-state index contributed by atoms with van der Waals surface area (Å²) in [5.41, 5.74) is 2.68. The van der Waals surface area contributed by atoms with Gasteiger partial charge in [0.05, 0.1) is 7.11 Å². The Bertz CT molecular complexity index is 869. The molecule has 2 aromatic carbocycles. The van der Waals surface area contributed by atoms with Gasteiger partial charge in [-0.15, -0.1) is 0 Å². The highest BCUT2D eigenvalue weighted by atomic mass is 16.5. The van der Waals surface area contributed by atoms with Gasteiger partial charge in [-0.25, -0.2) is 0 Å². The standard InChI is InChI=1S/C19H18N2O3/c1-24-18(22)12-20-19(23)16-8-7-15-9-10-21(17(15)11-16)13-14-5-3-2-4-6-14/h2-11H,12-13H2,1H3,(H,20,23). The summed E-state index contributed by atoms with van der Waals surface area (Å²) in [5.74, 6) is -0.772. The molecule has 1 aromatic heterocycles. The van der Waals surface area contributed by atoms with Crippen molar-refractivity contribution in [2.75, 3.05) is 13.7 Å². The van der Waals surface area contributed by atoms with Gasteiger partial charge in [0.1, 0.15) is 6.54 Å². The summed E-state index contributed by atoms with van der Waals surface area (Å²) in [6.45, 7) is 0.593. The van der Waals surface area contributed by atoms with Gasteiger partial charge in [-0.2, -0.15) is 0 Å². The molecule has 0 bridgehead atoms. The molecule has 0 fully saturated rings. The molecule has 0 aliphatic carbocycles. The number of esters is 1. The number of fused-ring (bicyclic) bond motifs is 1. The van der Waals surface area contributed by atoms with Crippen molar-refractivity contribution in [3.63, 3.8) is 0 Å². The van der Waals surface area contributed by atoms with E-state index in [0.717, 1.165) is 17.4 Å². The largest absolute Gasteiger partial charge is 0.468 e. The van der Waals surface area contributed by atoms with Gasteiger partial charge < -0.3 is 14.6 Å². The maximum absolute atomic E-state index is 12.2. The zero-order chi connectivity index (χ0) is 16.9. The minimum Gasteiger partial charge on any atom is -0.468 e. The molecule has 0 spiro atoms. The predicted molar refractivity (Wildman–Crippen MR) is 91.8 cm³/mol. The molecular formula is C19H18N2O3. The maximum atomic E-state index is 12.2. The number of nitrogens with zero attached hydrogens (tertiary/aromatic N) is 1. The van der Waals surface area contributed by atoms with E-state index in [9.17, 15) is 9.59 Å². The number of rotatable bonds is 5. The molecule has 0 saturated heterocycles. The summed E-state index contributed by atoms with van der Waals surface area (Å²) < 4.78 is 6.62. The van der Waals surface area contributed by atoms with Crippen molar-refractivity contribution >= 4 is 22.8 Å². The summed E-state index contributed by atoms with van der Waals surface area (Å²) >= 11 is 0. The Morgan fingerprint density at radius 1 is 1.08 bits per heavy atom. The Balaban J connectivity index is 1.83. The number of carbonyl (C=O) groups is 2. The normalized spacial score (nSPS) is 10.5. The van der Waals surface area contributed by atoms with E-state index < -0.39 is 5.97 Å². The van der Waals surface area contributed by atoms with Crippen molar-refractivity contribution in [2.24, 2.45) is 0 Å². The van der Waals surface area contributed by atoms with Crippen LogP contribution in [-0.4, -0.2) is 30.1 Å². The maximum Gasteiger partial charge on any atom is 0.325 e. The van der Waals surface area contributed by atoms with Gasteiger partial charge in [0, 0.05) is 23.8 Å². The highest BCUT2D eigenvalue weighted by Crippen LogP contribution is 2.19. The summed E-state index contributed by atoms with van der Waals surface area (Å²) in [4.78, 5) is 23.3. The summed E-state index contributed by atoms with van der Waals surface area (Å²) in [7, 11) is 1.29. The van der Waals surface area contributed by atoms with Crippen LogP contribution in [0.15, 0.2) is 60.8 Å². The molecule has 1 heterocycles. The van der Waals surface area contributed by atoms with E-state index in [1.165, 1.54) is 12.7 Å². The van der Waals surface area contributed by atoms with E-state index in [0.29, 0.717) is 5.56 Å². The SMILES string of the molecule is COC(=O)CNC(=O)c1ccc2ccn(Cc3ccccc3)c2c1. The quantitative estimate of drug-likeness (QED) is 0.735. The first kappa shape index (κ1) is 15.8. The van der Waals surface area contributed by atoms with Crippen molar-refractivity contribution in [1.82, 2.24) is 9.88 Å². The third kappa shape index (κ3) is 3.46. The molecule has 0 radical (unpaired) electrons. The highest BCUT2D eigenvalue weighted by Gasteiger charge is 2.10. The van der Waals surface area contributed by atoms with Crippen LogP contribution in [0.1, 0.15) is 15.9 Å². The number of amides is 1. The van der Waals surface area contributed by atoms with E-state index in [2.05, 4.69) is 26.8 Å². The lowest BCUT2D eigenvalue weighted by molar-refractivity contribution is -0.139. The molecule has 0 aliphatic rings. The zero-order valence-corrected chi connectivity index (χ0v) is 13.4. The van der Waals surface area contributed by atoms with Gasteiger partial charge in [-0.05, 0) is 29.1 Å². The van der Waals surface area contributed by atoms with Gasteiger partial charge in [-0.1, -0.05) is 36.4 Å². The second-order valence-corrected chi connectivity index (χ2v) is 5.46. The van der Waals surface area contributed by atoms with Crippen LogP contribution < -0.4 is 5.32 Å². The number of benzene rings is 2. The van der Waals surface area contributed by atoms with Crippen LogP contribution in [0.5, 0.6) is 0 Å². The zero-order valence-electron chi connectivity index (χ0n) is 13.4. The monoisotopic (exact) mass is 322 g/mol. The van der Waals surface area contributed by atoms with Crippen molar-refractivity contribution < 1.29 is 14.3 Å². The molecule has 0 saturated carbocycles. The molecule has 3 rings (SSSR count). The summed E-state index contributed by atoms with van der Waals surface area (Å²) in [6, 6.07) is 17.7. The lowest BCUT2D eigenvalue weighted by atomic mass is 10.1. The number of methoxy groups -OCH3 is 1. The Labute approximate surface area is 139 Å². The van der Waals surface area contributed by atoms with Gasteiger partial charge in [-0.3, -0.25) is 9.59 Å². The van der Waals surface area contributed by atoms with Crippen LogP contribution in [0.2, 0.25) is 0 Å². The molecule has 0 unspecified atom stereocenters. The lowest BCUT2D eigenvalue weighted by Gasteiger charge is -2.08. The fourth-order valence-electron chi connectivity index (χ4n) is 2.57. The van der Waals surface area contributed by atoms with Crippen molar-refractivity contribution in [3.05, 3.63) is 71.9 Å². The van der Waals surface area contributed by atoms with Gasteiger partial charge >= 0.3 is 5.97 Å². The van der Waals surface area contributed by atoms with E-state index in [1.54, 1.807) is 6.07 Å². The first-order valence-electron chi connectivity index (χ1n) is 7.65. The van der Waals surface area contributed by atoms with Crippen molar-refractivity contribution in [1.29, 1.82) is 0 Å². The number of ether oxygens (including phenoxy) is 1. The van der Waals surface area contributed by atoms with Crippen LogP contribution in [-0.2, 0) is 16.1 Å². The first-order chi connectivity index (χ1) is 11.7. The molecular weight excluding hydrogens is 304 g/mol. The Morgan fingerprint density at radius 3 is 2.62 bits per heavy atom. The third-order valence-electron chi connectivity index (χ3n) is 3.85. The predicted octanol–water partition coefficient (Wildman–Crippen LogP) is 2.59. The molecule has 5 heteroatoms. The minimum atomic E-state index is -0.475. The number of nitrogens with one attached hydrogen (secondary N) is 1. The average Bonchev–Trinajstić information content (AvgIpc) is 3.02. The second kappa shape index (κ2) is 7.00. The smallest absolute Gasteiger partial charge is 0.325 e. The number of hydrogen-bond acceptors (Lipinski definition) is 3. The van der Waals surface area contributed by atoms with E-state index in [4.69, 9.17) is 0 Å². The van der Waals surface area contributed by atoms with E-state index in [1.807, 2.05) is 42.6 Å². The summed E-state index contributed by atoms with van der Waals surface area (Å²) in [6.07, 6.45) is 2.01. The van der Waals surface area contributed by atoms with Crippen LogP contribution in [0.25, 0.3) is 10.9 Å². The van der Waals surface area contributed by atoms with Crippen LogP contribution in [0.3, 0.4) is 0 Å². The lowest BCUT2D eigenvalue weighted by Crippen LogP contribution is -2.30. The van der Waals surface area contributed by atoms with Gasteiger partial charge in [0.2, 0.25) is 0 Å². The van der Waals surface area contributed by atoms with E-state index in [-0.39, 0.29) is 12.5 Å². The number of aromatic nitrogens is 1. The fraction of sp³-hybridized carbons (Fsp3) is 0.158. The van der Waals surface area contributed by atoms with Crippen LogP contribution in [0, 0.1) is 0 Å². The molecule has 0 aliphatic heterocycles. The number of hydrogen-bond donors (Lipinski definition) is 1. The summed E-state index contributed by atoms with van der Waals surface area (Å²) in [5, 5.41) is 3.62. The topological polar surface area (TPSA) is 60.3 Å². The highest BCUT2D eigenvalue weighted by molar-refractivity contribution is 5.99. The number of carbonyl (C=O) groups excluding carboxylic acids is 2. The molecule has 1 N–H and O–H groups in total. The van der Waals surface area contributed by atoms with E-state index >= 15 is 0 Å². The molecule has 24 heavy (non-hydrogen) atoms. The fourth-order valence-corrected chi connectivity index (χ4v) is 2.57. The van der Waals surface area contributed by atoms with Gasteiger partial charge in [0.15, 0.2) is 0 Å². The van der Waals surface area contributed by atoms with Crippen molar-refractivity contribution in [2.45, 2.75) is 6.54 Å². The Kier molecular flexibility index (Phi) is 4.61. The first-order valence-corrected chi connectivity index (χ1v) is 7.65. The molecule has 5 nitrogen and oxygen atoms in total. The average molecular weight is 322 g/mol. The molecule has 1 amide bonds. The molecule has 0 atom stereocenters. The van der Waals surface area contributed by atoms with Crippen molar-refractivity contribution in [3.8, 4) is 0 Å². The van der Waals surface area contributed by atoms with Crippen LogP contribution in [0.4, 0.5) is 0 Å². The second-order valence-electron chi connectivity index (χ2n) is 5.46. The van der Waals surface area contributed by atoms with Gasteiger partial charge in [0.25, 0.3) is 5.91 Å². The molecule has 122 valence electrons. The Morgan fingerprint density at radius 2 is 1.88 bits per heavy atom.